The molecule has 1 saturated heterocycles. The van der Waals surface area contributed by atoms with Crippen molar-refractivity contribution in [2.24, 2.45) is 5.92 Å². The second-order valence-corrected chi connectivity index (χ2v) is 7.41. The number of carbonyl (C=O) groups excluding carboxylic acids is 3. The molecule has 10 nitrogen and oxygen atoms in total. The molecule has 2 rings (SSSR count). The van der Waals surface area contributed by atoms with E-state index in [1.807, 2.05) is 0 Å². The van der Waals surface area contributed by atoms with E-state index in [9.17, 15) is 32.5 Å². The third kappa shape index (κ3) is 6.56. The summed E-state index contributed by atoms with van der Waals surface area (Å²) in [6, 6.07) is -0.631. The van der Waals surface area contributed by atoms with Gasteiger partial charge in [-0.2, -0.15) is 0 Å². The van der Waals surface area contributed by atoms with Gasteiger partial charge in [0.05, 0.1) is 29.7 Å². The number of carboxylic acids is 1. The normalized spacial score (nSPS) is 22.5. The molecule has 0 aromatic carbocycles. The van der Waals surface area contributed by atoms with Gasteiger partial charge < -0.3 is 24.7 Å². The van der Waals surface area contributed by atoms with Crippen LogP contribution in [0.4, 0.5) is 0 Å². The van der Waals surface area contributed by atoms with Crippen LogP contribution in [0.5, 0.6) is 0 Å². The number of amides is 2. The van der Waals surface area contributed by atoms with Crippen LogP contribution >= 0.6 is 11.8 Å². The number of nitrogens with one attached hydrogen (secondary N) is 1. The van der Waals surface area contributed by atoms with Crippen molar-refractivity contribution in [1.29, 1.82) is 0 Å². The van der Waals surface area contributed by atoms with Gasteiger partial charge in [-0.15, -0.1) is 0 Å². The Hall–Kier alpha value is 0.110. The van der Waals surface area contributed by atoms with Crippen LogP contribution in [-0.2, 0) is 29.0 Å². The van der Waals surface area contributed by atoms with Gasteiger partial charge in [0.25, 0.3) is 0 Å². The first-order valence-electron chi connectivity index (χ1n) is 7.03. The van der Waals surface area contributed by atoms with E-state index in [0.29, 0.717) is 4.91 Å². The van der Waals surface area contributed by atoms with E-state index >= 15 is 0 Å². The first-order chi connectivity index (χ1) is 11.5. The van der Waals surface area contributed by atoms with Crippen LogP contribution < -0.4 is 69.5 Å². The summed E-state index contributed by atoms with van der Waals surface area (Å²) < 4.78 is 36.4. The van der Waals surface area contributed by atoms with Gasteiger partial charge >= 0.3 is 59.1 Å². The van der Waals surface area contributed by atoms with E-state index < -0.39 is 40.3 Å². The number of rotatable bonds is 7. The molecule has 138 valence electrons. The number of carbonyl (C=O) groups is 3. The summed E-state index contributed by atoms with van der Waals surface area (Å²) in [4.78, 5) is 35.6. The molecular formula is C13H14N2Na2O8S2. The smallest absolute Gasteiger partial charge is 0.726 e. The van der Waals surface area contributed by atoms with E-state index in [1.165, 1.54) is 25.5 Å². The zero-order valence-electron chi connectivity index (χ0n) is 15.1. The third-order valence-corrected chi connectivity index (χ3v) is 5.16. The largest absolute Gasteiger partial charge is 1.00 e. The van der Waals surface area contributed by atoms with Gasteiger partial charge in [0.15, 0.2) is 0 Å². The first-order valence-corrected chi connectivity index (χ1v) is 9.24. The molecule has 3 atom stereocenters. The first kappa shape index (κ1) is 27.1. The van der Waals surface area contributed by atoms with Crippen molar-refractivity contribution in [1.82, 2.24) is 10.2 Å². The second kappa shape index (κ2) is 10.8. The molecule has 1 unspecified atom stereocenters. The van der Waals surface area contributed by atoms with E-state index in [-0.39, 0.29) is 77.1 Å². The minimum atomic E-state index is -4.99. The summed E-state index contributed by atoms with van der Waals surface area (Å²) in [6.07, 6.45) is 0.248. The summed E-state index contributed by atoms with van der Waals surface area (Å²) >= 11 is 0.988. The summed E-state index contributed by atoms with van der Waals surface area (Å²) in [5.41, 5.74) is -0.305. The molecule has 0 bridgehead atoms. The fourth-order valence-corrected chi connectivity index (χ4v) is 4.18. The summed E-state index contributed by atoms with van der Waals surface area (Å²) in [6.45, 7) is 2.56. The van der Waals surface area contributed by atoms with Gasteiger partial charge in [0.2, 0.25) is 22.2 Å². The van der Waals surface area contributed by atoms with Crippen molar-refractivity contribution in [3.63, 3.8) is 0 Å². The third-order valence-electron chi connectivity index (χ3n) is 3.70. The SMILES string of the molecule is CC(=O)N/C=C\SC1=C(C(=O)[O-])N2C(=O)[C@@H](C(C)OS(=O)(=O)[O-])[C@H]2C1.[Na+].[Na+]. The van der Waals surface area contributed by atoms with Crippen molar-refractivity contribution >= 4 is 39.9 Å². The van der Waals surface area contributed by atoms with E-state index in [2.05, 4.69) is 9.50 Å². The Morgan fingerprint density at radius 2 is 2.00 bits per heavy atom. The molecule has 2 heterocycles. The minimum Gasteiger partial charge on any atom is -0.726 e. The molecule has 2 aliphatic rings. The van der Waals surface area contributed by atoms with Crippen molar-refractivity contribution < 1.29 is 95.8 Å². The summed E-state index contributed by atoms with van der Waals surface area (Å²) in [7, 11) is -4.99. The molecule has 27 heavy (non-hydrogen) atoms. The molecule has 0 aromatic heterocycles. The molecule has 1 N–H and O–H groups in total. The van der Waals surface area contributed by atoms with Crippen LogP contribution in [0, 0.1) is 5.92 Å². The molecule has 2 aliphatic heterocycles. The van der Waals surface area contributed by atoms with Crippen molar-refractivity contribution in [3.05, 3.63) is 22.2 Å². The van der Waals surface area contributed by atoms with Crippen LogP contribution in [0.25, 0.3) is 0 Å². The second-order valence-electron chi connectivity index (χ2n) is 5.40. The van der Waals surface area contributed by atoms with Crippen molar-refractivity contribution in [2.75, 3.05) is 0 Å². The standard InChI is InChI=1S/C13H16N2O8S2.2Na/c1-6(23-25(20,21)22)10-8-5-9(24-4-3-14-7(2)16)11(13(18)19)15(8)12(10)17;;/h3-4,6,8,10H,5H2,1-2H3,(H,14,16)(H,18,19)(H,20,21,22);;/q;2*+1/p-2/b4-3-;;/t6?,8-,10+;;/m1../s1. The van der Waals surface area contributed by atoms with Crippen LogP contribution in [0.1, 0.15) is 20.3 Å². The summed E-state index contributed by atoms with van der Waals surface area (Å²) in [5.74, 6) is -3.45. The van der Waals surface area contributed by atoms with Crippen LogP contribution in [0.2, 0.25) is 0 Å². The predicted molar refractivity (Wildman–Crippen MR) is 81.6 cm³/mol. The molecule has 0 spiro atoms. The maximum Gasteiger partial charge on any atom is 1.00 e. The predicted octanol–water partition coefficient (Wildman–Crippen LogP) is -7.61. The van der Waals surface area contributed by atoms with Gasteiger partial charge in [-0.1, -0.05) is 11.8 Å². The van der Waals surface area contributed by atoms with E-state index in [4.69, 9.17) is 0 Å². The number of aliphatic carboxylic acids is 1. The van der Waals surface area contributed by atoms with Gasteiger partial charge in [0.1, 0.15) is 0 Å². The van der Waals surface area contributed by atoms with Gasteiger partial charge in [-0.05, 0) is 12.3 Å². The average molecular weight is 436 g/mol. The fourth-order valence-electron chi connectivity index (χ4n) is 2.83. The monoisotopic (exact) mass is 436 g/mol. The molecule has 14 heteroatoms. The molecule has 0 saturated carbocycles. The van der Waals surface area contributed by atoms with Gasteiger partial charge in [0, 0.05) is 24.4 Å². The summed E-state index contributed by atoms with van der Waals surface area (Å²) in [5, 5.41) is 15.2. The molecule has 0 radical (unpaired) electrons. The number of thioether (sulfide) groups is 1. The maximum absolute atomic E-state index is 12.2. The minimum absolute atomic E-state index is 0. The molecule has 1 fully saturated rings. The molecule has 0 aromatic rings. The Kier molecular flexibility index (Phi) is 10.8. The number of hydrogen-bond donors (Lipinski definition) is 1. The fraction of sp³-hybridized carbons (Fsp3) is 0.462. The zero-order chi connectivity index (χ0) is 18.9. The average Bonchev–Trinajstić information content (AvgIpc) is 2.76. The van der Waals surface area contributed by atoms with Crippen molar-refractivity contribution in [2.45, 2.75) is 32.4 Å². The van der Waals surface area contributed by atoms with Gasteiger partial charge in [-0.3, -0.25) is 13.8 Å². The molecule has 0 aliphatic carbocycles. The Balaban J connectivity index is 0.00000338. The van der Waals surface area contributed by atoms with E-state index in [0.717, 1.165) is 16.7 Å². The van der Waals surface area contributed by atoms with Crippen LogP contribution in [0.15, 0.2) is 22.2 Å². The van der Waals surface area contributed by atoms with E-state index in [1.54, 1.807) is 0 Å². The number of hydrogen-bond acceptors (Lipinski definition) is 9. The number of β-lactam (4-membered cyclic amide) rings is 1. The number of nitrogens with zero attached hydrogens (tertiary/aromatic N) is 1. The van der Waals surface area contributed by atoms with Crippen LogP contribution in [-0.4, -0.2) is 47.8 Å². The topological polar surface area (TPSA) is 156 Å². The maximum atomic E-state index is 12.2. The molecular weight excluding hydrogens is 422 g/mol. The Morgan fingerprint density at radius 1 is 1.41 bits per heavy atom. The quantitative estimate of drug-likeness (QED) is 0.177. The Morgan fingerprint density at radius 3 is 2.48 bits per heavy atom. The van der Waals surface area contributed by atoms with Gasteiger partial charge in [-0.25, -0.2) is 8.42 Å². The molecule has 2 amide bonds. The Labute approximate surface area is 204 Å². The Bertz CT molecular complexity index is 783. The van der Waals surface area contributed by atoms with Crippen LogP contribution in [0.3, 0.4) is 0 Å². The zero-order valence-corrected chi connectivity index (χ0v) is 20.8. The number of carboxylic acid groups (broad SMARTS) is 1. The number of fused-ring (bicyclic) bond motifs is 1. The van der Waals surface area contributed by atoms with Crippen molar-refractivity contribution in [3.8, 4) is 0 Å².